The average molecular weight is 214 g/mol. The van der Waals surface area contributed by atoms with Gasteiger partial charge in [-0.15, -0.1) is 0 Å². The number of ether oxygens (including phenoxy) is 1. The molecule has 0 bridgehead atoms. The predicted octanol–water partition coefficient (Wildman–Crippen LogP) is 1.37. The molecule has 0 saturated carbocycles. The second-order valence-electron chi connectivity index (χ2n) is 4.71. The van der Waals surface area contributed by atoms with E-state index in [2.05, 4.69) is 17.6 Å². The van der Waals surface area contributed by atoms with E-state index in [0.29, 0.717) is 18.4 Å². The number of nitrogens with one attached hydrogen (secondary N) is 2. The van der Waals surface area contributed by atoms with Crippen molar-refractivity contribution in [1.29, 1.82) is 0 Å². The van der Waals surface area contributed by atoms with Crippen molar-refractivity contribution in [2.45, 2.75) is 33.2 Å². The molecule has 1 aliphatic heterocycles. The van der Waals surface area contributed by atoms with Crippen LogP contribution in [-0.2, 0) is 4.74 Å². The van der Waals surface area contributed by atoms with Gasteiger partial charge in [-0.1, -0.05) is 20.8 Å². The SMILES string of the molecule is CC(C)COC(=O)NC1CCNCC1C. The Labute approximate surface area is 91.8 Å². The topological polar surface area (TPSA) is 50.4 Å². The fourth-order valence-electron chi connectivity index (χ4n) is 1.66. The minimum atomic E-state index is -0.276. The van der Waals surface area contributed by atoms with Gasteiger partial charge in [0.05, 0.1) is 6.61 Å². The van der Waals surface area contributed by atoms with Gasteiger partial charge in [0.1, 0.15) is 0 Å². The van der Waals surface area contributed by atoms with Crippen LogP contribution < -0.4 is 10.6 Å². The summed E-state index contributed by atoms with van der Waals surface area (Å²) in [5.74, 6) is 0.867. The van der Waals surface area contributed by atoms with E-state index in [1.807, 2.05) is 13.8 Å². The van der Waals surface area contributed by atoms with E-state index in [9.17, 15) is 4.79 Å². The van der Waals surface area contributed by atoms with Gasteiger partial charge < -0.3 is 15.4 Å². The van der Waals surface area contributed by atoms with Gasteiger partial charge in [-0.25, -0.2) is 4.79 Å². The molecule has 1 aliphatic rings. The van der Waals surface area contributed by atoms with E-state index >= 15 is 0 Å². The Bertz CT molecular complexity index is 207. The Morgan fingerprint density at radius 1 is 1.60 bits per heavy atom. The number of alkyl carbamates (subject to hydrolysis) is 1. The molecule has 4 heteroatoms. The number of piperidine rings is 1. The van der Waals surface area contributed by atoms with Gasteiger partial charge in [-0.3, -0.25) is 0 Å². The lowest BCUT2D eigenvalue weighted by Crippen LogP contribution is -2.48. The number of carbonyl (C=O) groups is 1. The highest BCUT2D eigenvalue weighted by molar-refractivity contribution is 5.67. The zero-order valence-corrected chi connectivity index (χ0v) is 9.88. The molecule has 0 radical (unpaired) electrons. The Morgan fingerprint density at radius 2 is 2.33 bits per heavy atom. The van der Waals surface area contributed by atoms with Crippen LogP contribution in [0.3, 0.4) is 0 Å². The van der Waals surface area contributed by atoms with Crippen LogP contribution in [0.5, 0.6) is 0 Å². The van der Waals surface area contributed by atoms with E-state index in [1.165, 1.54) is 0 Å². The first kappa shape index (κ1) is 12.3. The highest BCUT2D eigenvalue weighted by Gasteiger charge is 2.22. The summed E-state index contributed by atoms with van der Waals surface area (Å²) in [6.45, 7) is 8.63. The Kier molecular flexibility index (Phi) is 4.88. The summed E-state index contributed by atoms with van der Waals surface area (Å²) in [6.07, 6.45) is 0.709. The third-order valence-electron chi connectivity index (χ3n) is 2.64. The molecular formula is C11H22N2O2. The Balaban J connectivity index is 2.24. The molecule has 1 heterocycles. The molecule has 0 aliphatic carbocycles. The third kappa shape index (κ3) is 4.51. The van der Waals surface area contributed by atoms with Crippen molar-refractivity contribution in [3.63, 3.8) is 0 Å². The van der Waals surface area contributed by atoms with Crippen LogP contribution in [0, 0.1) is 11.8 Å². The van der Waals surface area contributed by atoms with Gasteiger partial charge in [-0.2, -0.15) is 0 Å². The summed E-state index contributed by atoms with van der Waals surface area (Å²) >= 11 is 0. The second kappa shape index (κ2) is 5.95. The molecule has 1 fully saturated rings. The second-order valence-corrected chi connectivity index (χ2v) is 4.71. The standard InChI is InChI=1S/C11H22N2O2/c1-8(2)7-15-11(14)13-10-4-5-12-6-9(10)3/h8-10,12H,4-7H2,1-3H3,(H,13,14). The van der Waals surface area contributed by atoms with Crippen LogP contribution in [0.2, 0.25) is 0 Å². The van der Waals surface area contributed by atoms with Gasteiger partial charge >= 0.3 is 6.09 Å². The highest BCUT2D eigenvalue weighted by Crippen LogP contribution is 2.10. The quantitative estimate of drug-likeness (QED) is 0.746. The van der Waals surface area contributed by atoms with E-state index in [4.69, 9.17) is 4.74 Å². The summed E-state index contributed by atoms with van der Waals surface area (Å²) in [4.78, 5) is 11.4. The maximum absolute atomic E-state index is 11.4. The molecule has 4 nitrogen and oxygen atoms in total. The zero-order chi connectivity index (χ0) is 11.3. The van der Waals surface area contributed by atoms with Crippen molar-refractivity contribution in [1.82, 2.24) is 10.6 Å². The van der Waals surface area contributed by atoms with Gasteiger partial charge in [0.2, 0.25) is 0 Å². The van der Waals surface area contributed by atoms with Crippen molar-refractivity contribution in [3.8, 4) is 0 Å². The van der Waals surface area contributed by atoms with Crippen molar-refractivity contribution >= 4 is 6.09 Å². The third-order valence-corrected chi connectivity index (χ3v) is 2.64. The van der Waals surface area contributed by atoms with Crippen LogP contribution in [0.1, 0.15) is 27.2 Å². The first-order chi connectivity index (χ1) is 7.09. The number of amides is 1. The summed E-state index contributed by atoms with van der Waals surface area (Å²) in [7, 11) is 0. The lowest BCUT2D eigenvalue weighted by molar-refractivity contribution is 0.123. The largest absolute Gasteiger partial charge is 0.449 e. The van der Waals surface area contributed by atoms with Crippen LogP contribution in [0.15, 0.2) is 0 Å². The molecule has 0 aromatic carbocycles. The van der Waals surface area contributed by atoms with Crippen molar-refractivity contribution in [2.75, 3.05) is 19.7 Å². The van der Waals surface area contributed by atoms with Crippen molar-refractivity contribution < 1.29 is 9.53 Å². The Hall–Kier alpha value is -0.770. The lowest BCUT2D eigenvalue weighted by Gasteiger charge is -2.29. The van der Waals surface area contributed by atoms with E-state index in [-0.39, 0.29) is 12.1 Å². The fourth-order valence-corrected chi connectivity index (χ4v) is 1.66. The number of hydrogen-bond acceptors (Lipinski definition) is 3. The van der Waals surface area contributed by atoms with Gasteiger partial charge in [0.25, 0.3) is 0 Å². The van der Waals surface area contributed by atoms with E-state index in [0.717, 1.165) is 19.5 Å². The molecule has 2 unspecified atom stereocenters. The average Bonchev–Trinajstić information content (AvgIpc) is 2.18. The smallest absolute Gasteiger partial charge is 0.407 e. The molecule has 15 heavy (non-hydrogen) atoms. The van der Waals surface area contributed by atoms with Gasteiger partial charge in [0, 0.05) is 6.04 Å². The maximum atomic E-state index is 11.4. The molecule has 1 rings (SSSR count). The molecule has 88 valence electrons. The maximum Gasteiger partial charge on any atom is 0.407 e. The van der Waals surface area contributed by atoms with Crippen molar-refractivity contribution in [3.05, 3.63) is 0 Å². The van der Waals surface area contributed by atoms with Crippen LogP contribution in [0.4, 0.5) is 4.79 Å². The van der Waals surface area contributed by atoms with Crippen LogP contribution >= 0.6 is 0 Å². The molecule has 0 spiro atoms. The predicted molar refractivity (Wildman–Crippen MR) is 59.8 cm³/mol. The monoisotopic (exact) mass is 214 g/mol. The molecule has 2 atom stereocenters. The van der Waals surface area contributed by atoms with Crippen LogP contribution in [0.25, 0.3) is 0 Å². The van der Waals surface area contributed by atoms with Crippen LogP contribution in [-0.4, -0.2) is 31.8 Å². The molecule has 2 N–H and O–H groups in total. The zero-order valence-electron chi connectivity index (χ0n) is 9.88. The molecular weight excluding hydrogens is 192 g/mol. The minimum absolute atomic E-state index is 0.255. The summed E-state index contributed by atoms with van der Waals surface area (Å²) < 4.78 is 5.08. The summed E-state index contributed by atoms with van der Waals surface area (Å²) in [5, 5.41) is 6.22. The van der Waals surface area contributed by atoms with Crippen molar-refractivity contribution in [2.24, 2.45) is 11.8 Å². The number of hydrogen-bond donors (Lipinski definition) is 2. The van der Waals surface area contributed by atoms with E-state index in [1.54, 1.807) is 0 Å². The molecule has 0 aromatic heterocycles. The number of rotatable bonds is 3. The Morgan fingerprint density at radius 3 is 2.93 bits per heavy atom. The fraction of sp³-hybridized carbons (Fsp3) is 0.909. The first-order valence-electron chi connectivity index (χ1n) is 5.73. The summed E-state index contributed by atoms with van der Waals surface area (Å²) in [5.41, 5.74) is 0. The number of carbonyl (C=O) groups excluding carboxylic acids is 1. The lowest BCUT2D eigenvalue weighted by atomic mass is 9.96. The molecule has 1 amide bonds. The molecule has 0 aromatic rings. The highest BCUT2D eigenvalue weighted by atomic mass is 16.5. The minimum Gasteiger partial charge on any atom is -0.449 e. The van der Waals surface area contributed by atoms with Gasteiger partial charge in [-0.05, 0) is 31.3 Å². The van der Waals surface area contributed by atoms with Gasteiger partial charge in [0.15, 0.2) is 0 Å². The normalized spacial score (nSPS) is 26.4. The first-order valence-corrected chi connectivity index (χ1v) is 5.73. The van der Waals surface area contributed by atoms with E-state index < -0.39 is 0 Å². The summed E-state index contributed by atoms with van der Waals surface area (Å²) in [6, 6.07) is 0.255. The molecule has 1 saturated heterocycles.